The van der Waals surface area contributed by atoms with E-state index in [1.165, 1.54) is 13.1 Å². The monoisotopic (exact) mass is 214 g/mol. The zero-order chi connectivity index (χ0) is 10.7. The maximum Gasteiger partial charge on any atom is 0.0743 e. The molecule has 0 bridgehead atoms. The van der Waals surface area contributed by atoms with Gasteiger partial charge in [0, 0.05) is 25.6 Å². The minimum Gasteiger partial charge on any atom is -0.393 e. The smallest absolute Gasteiger partial charge is 0.0743 e. The number of nitrogens with two attached hydrogens (primary N) is 1. The summed E-state index contributed by atoms with van der Waals surface area (Å²) in [5.74, 6) is 1.63. The van der Waals surface area contributed by atoms with Crippen molar-refractivity contribution in [3.05, 3.63) is 0 Å². The van der Waals surface area contributed by atoms with Crippen molar-refractivity contribution in [1.29, 1.82) is 0 Å². The van der Waals surface area contributed by atoms with Gasteiger partial charge in [-0.25, -0.2) is 0 Å². The lowest BCUT2D eigenvalue weighted by atomic mass is 10.0. The Morgan fingerprint density at radius 1 is 1.43 bits per heavy atom. The second-order valence-electron chi connectivity index (χ2n) is 4.64. The molecule has 0 aromatic rings. The number of thiocarbonyl (C=S) groups is 1. The Labute approximate surface area is 92.8 Å². The molecule has 82 valence electrons. The SMILES string of the molecule is CCC(CC(N)=S)N1CC(C)C(C)C1. The third-order valence-electron chi connectivity index (χ3n) is 3.44. The largest absolute Gasteiger partial charge is 0.393 e. The standard InChI is InChI=1S/C11H22N2S/c1-4-10(5-11(12)14)13-6-8(2)9(3)7-13/h8-10H,4-7H2,1-3H3,(H2,12,14). The zero-order valence-corrected chi connectivity index (χ0v) is 10.3. The van der Waals surface area contributed by atoms with Crippen molar-refractivity contribution >= 4 is 17.2 Å². The molecule has 1 saturated heterocycles. The van der Waals surface area contributed by atoms with E-state index in [9.17, 15) is 0 Å². The van der Waals surface area contributed by atoms with Crippen LogP contribution < -0.4 is 5.73 Å². The number of hydrogen-bond donors (Lipinski definition) is 1. The van der Waals surface area contributed by atoms with E-state index in [0.29, 0.717) is 11.0 Å². The molecule has 14 heavy (non-hydrogen) atoms. The molecule has 0 amide bonds. The first-order valence-corrected chi connectivity index (χ1v) is 5.97. The summed E-state index contributed by atoms with van der Waals surface area (Å²) in [5, 5.41) is 0. The summed E-state index contributed by atoms with van der Waals surface area (Å²) in [6, 6.07) is 0.569. The van der Waals surface area contributed by atoms with Gasteiger partial charge in [-0.15, -0.1) is 0 Å². The van der Waals surface area contributed by atoms with Gasteiger partial charge in [-0.05, 0) is 18.3 Å². The van der Waals surface area contributed by atoms with Gasteiger partial charge >= 0.3 is 0 Å². The van der Waals surface area contributed by atoms with E-state index in [4.69, 9.17) is 18.0 Å². The third kappa shape index (κ3) is 2.92. The summed E-state index contributed by atoms with van der Waals surface area (Å²) < 4.78 is 0. The minimum atomic E-state index is 0.569. The zero-order valence-electron chi connectivity index (χ0n) is 9.49. The van der Waals surface area contributed by atoms with E-state index in [-0.39, 0.29) is 0 Å². The highest BCUT2D eigenvalue weighted by Gasteiger charge is 2.30. The van der Waals surface area contributed by atoms with Crippen LogP contribution in [0.15, 0.2) is 0 Å². The van der Waals surface area contributed by atoms with Crippen LogP contribution >= 0.6 is 12.2 Å². The van der Waals surface area contributed by atoms with Crippen molar-refractivity contribution < 1.29 is 0 Å². The molecular weight excluding hydrogens is 192 g/mol. The van der Waals surface area contributed by atoms with Crippen molar-refractivity contribution in [2.24, 2.45) is 17.6 Å². The van der Waals surface area contributed by atoms with Gasteiger partial charge in [0.05, 0.1) is 4.99 Å². The predicted molar refractivity (Wildman–Crippen MR) is 65.4 cm³/mol. The summed E-state index contributed by atoms with van der Waals surface area (Å²) in [5.41, 5.74) is 5.61. The van der Waals surface area contributed by atoms with Crippen LogP contribution in [0.1, 0.15) is 33.6 Å². The molecule has 3 heteroatoms. The highest BCUT2D eigenvalue weighted by molar-refractivity contribution is 7.80. The van der Waals surface area contributed by atoms with Gasteiger partial charge in [-0.3, -0.25) is 4.90 Å². The quantitative estimate of drug-likeness (QED) is 0.726. The van der Waals surface area contributed by atoms with Gasteiger partial charge in [0.2, 0.25) is 0 Å². The summed E-state index contributed by atoms with van der Waals surface area (Å²) in [7, 11) is 0. The lowest BCUT2D eigenvalue weighted by Crippen LogP contribution is -2.36. The molecule has 1 aliphatic heterocycles. The second kappa shape index (κ2) is 5.08. The first kappa shape index (κ1) is 11.9. The van der Waals surface area contributed by atoms with E-state index >= 15 is 0 Å². The van der Waals surface area contributed by atoms with Gasteiger partial charge in [0.15, 0.2) is 0 Å². The molecule has 1 aliphatic rings. The molecule has 0 aromatic heterocycles. The van der Waals surface area contributed by atoms with Crippen LogP contribution in [0.25, 0.3) is 0 Å². The lowest BCUT2D eigenvalue weighted by molar-refractivity contribution is 0.231. The Kier molecular flexibility index (Phi) is 4.32. The van der Waals surface area contributed by atoms with E-state index in [0.717, 1.165) is 24.7 Å². The van der Waals surface area contributed by atoms with Gasteiger partial charge in [-0.2, -0.15) is 0 Å². The van der Waals surface area contributed by atoms with Crippen molar-refractivity contribution in [2.75, 3.05) is 13.1 Å². The Balaban J connectivity index is 2.50. The lowest BCUT2D eigenvalue weighted by Gasteiger charge is -2.26. The highest BCUT2D eigenvalue weighted by Crippen LogP contribution is 2.25. The van der Waals surface area contributed by atoms with Crippen molar-refractivity contribution in [2.45, 2.75) is 39.7 Å². The number of hydrogen-bond acceptors (Lipinski definition) is 2. The van der Waals surface area contributed by atoms with E-state index in [2.05, 4.69) is 25.7 Å². The normalized spacial score (nSPS) is 30.5. The van der Waals surface area contributed by atoms with E-state index < -0.39 is 0 Å². The fourth-order valence-electron chi connectivity index (χ4n) is 2.24. The molecule has 0 radical (unpaired) electrons. The molecule has 0 aromatic carbocycles. The Morgan fingerprint density at radius 2 is 1.93 bits per heavy atom. The molecule has 3 atom stereocenters. The number of rotatable bonds is 4. The Hall–Kier alpha value is -0.150. The number of nitrogens with zero attached hydrogens (tertiary/aromatic N) is 1. The molecule has 0 saturated carbocycles. The molecule has 2 N–H and O–H groups in total. The van der Waals surface area contributed by atoms with Crippen LogP contribution in [0.5, 0.6) is 0 Å². The third-order valence-corrected chi connectivity index (χ3v) is 3.61. The predicted octanol–water partition coefficient (Wildman–Crippen LogP) is 2.03. The fourth-order valence-corrected chi connectivity index (χ4v) is 2.43. The van der Waals surface area contributed by atoms with Crippen LogP contribution in [-0.4, -0.2) is 29.0 Å². The van der Waals surface area contributed by atoms with E-state index in [1.54, 1.807) is 0 Å². The van der Waals surface area contributed by atoms with Gasteiger partial charge in [-0.1, -0.05) is 33.0 Å². The summed E-state index contributed by atoms with van der Waals surface area (Å²) in [6.45, 7) is 9.30. The highest BCUT2D eigenvalue weighted by atomic mass is 32.1. The molecule has 0 aliphatic carbocycles. The fraction of sp³-hybridized carbons (Fsp3) is 0.909. The van der Waals surface area contributed by atoms with Gasteiger partial charge < -0.3 is 5.73 Å². The van der Waals surface area contributed by atoms with Crippen LogP contribution in [0.4, 0.5) is 0 Å². The molecule has 0 spiro atoms. The molecule has 3 unspecified atom stereocenters. The average molecular weight is 214 g/mol. The molecule has 2 nitrogen and oxygen atoms in total. The summed E-state index contributed by atoms with van der Waals surface area (Å²) in [4.78, 5) is 3.21. The van der Waals surface area contributed by atoms with Crippen LogP contribution in [0.2, 0.25) is 0 Å². The average Bonchev–Trinajstić information content (AvgIpc) is 2.42. The van der Waals surface area contributed by atoms with Crippen molar-refractivity contribution in [3.8, 4) is 0 Å². The van der Waals surface area contributed by atoms with Gasteiger partial charge in [0.1, 0.15) is 0 Å². The maximum absolute atomic E-state index is 5.61. The molecule has 1 heterocycles. The van der Waals surface area contributed by atoms with Crippen LogP contribution in [-0.2, 0) is 0 Å². The first-order chi connectivity index (χ1) is 6.54. The Bertz CT molecular complexity index is 195. The minimum absolute atomic E-state index is 0.569. The van der Waals surface area contributed by atoms with Crippen molar-refractivity contribution in [1.82, 2.24) is 4.90 Å². The molecular formula is C11H22N2S. The molecule has 1 rings (SSSR count). The first-order valence-electron chi connectivity index (χ1n) is 5.57. The van der Waals surface area contributed by atoms with E-state index in [1.807, 2.05) is 0 Å². The summed E-state index contributed by atoms with van der Waals surface area (Å²) >= 11 is 4.98. The Morgan fingerprint density at radius 3 is 2.29 bits per heavy atom. The van der Waals surface area contributed by atoms with Crippen molar-refractivity contribution in [3.63, 3.8) is 0 Å². The topological polar surface area (TPSA) is 29.3 Å². The molecule has 1 fully saturated rings. The van der Waals surface area contributed by atoms with Crippen LogP contribution in [0.3, 0.4) is 0 Å². The maximum atomic E-state index is 5.61. The summed E-state index contributed by atoms with van der Waals surface area (Å²) in [6.07, 6.45) is 2.03. The van der Waals surface area contributed by atoms with Gasteiger partial charge in [0.25, 0.3) is 0 Å². The second-order valence-corrected chi connectivity index (χ2v) is 5.17. The number of likely N-dealkylation sites (tertiary alicyclic amines) is 1. The van der Waals surface area contributed by atoms with Crippen LogP contribution in [0, 0.1) is 11.8 Å².